The molecule has 78 valence electrons. The Morgan fingerprint density at radius 3 is 2.64 bits per heavy atom. The Bertz CT molecular complexity index is 296. The van der Waals surface area contributed by atoms with Crippen molar-refractivity contribution in [1.82, 2.24) is 4.90 Å². The monoisotopic (exact) mass is 209 g/mol. The van der Waals surface area contributed by atoms with Gasteiger partial charge in [0.25, 0.3) is 0 Å². The molecule has 2 heteroatoms. The standard InChI is InChI=1S/C12H19NS/c1-10-4-5-11(2)12(8-10)6-7-13(3)9-14/h4-5,8,14H,6-7,9H2,1-3H3. The molecule has 0 unspecified atom stereocenters. The zero-order valence-corrected chi connectivity index (χ0v) is 10.1. The van der Waals surface area contributed by atoms with Crippen LogP contribution < -0.4 is 0 Å². The van der Waals surface area contributed by atoms with Gasteiger partial charge in [0.05, 0.1) is 0 Å². The van der Waals surface area contributed by atoms with Gasteiger partial charge in [-0.3, -0.25) is 4.90 Å². The summed E-state index contributed by atoms with van der Waals surface area (Å²) in [5.41, 5.74) is 4.20. The van der Waals surface area contributed by atoms with E-state index in [0.717, 1.165) is 18.8 Å². The summed E-state index contributed by atoms with van der Waals surface area (Å²) in [6, 6.07) is 6.65. The van der Waals surface area contributed by atoms with Crippen LogP contribution in [-0.4, -0.2) is 24.4 Å². The van der Waals surface area contributed by atoms with Crippen molar-refractivity contribution in [2.75, 3.05) is 19.5 Å². The maximum absolute atomic E-state index is 4.23. The highest BCUT2D eigenvalue weighted by atomic mass is 32.1. The quantitative estimate of drug-likeness (QED) is 0.589. The van der Waals surface area contributed by atoms with Crippen LogP contribution in [0.1, 0.15) is 16.7 Å². The van der Waals surface area contributed by atoms with Crippen LogP contribution >= 0.6 is 12.6 Å². The molecular formula is C12H19NS. The zero-order chi connectivity index (χ0) is 10.6. The van der Waals surface area contributed by atoms with Crippen LogP contribution in [0.25, 0.3) is 0 Å². The fourth-order valence-electron chi connectivity index (χ4n) is 1.45. The fourth-order valence-corrected chi connectivity index (χ4v) is 1.59. The van der Waals surface area contributed by atoms with Gasteiger partial charge < -0.3 is 0 Å². The largest absolute Gasteiger partial charge is 0.297 e. The van der Waals surface area contributed by atoms with Crippen LogP contribution in [0.4, 0.5) is 0 Å². The Morgan fingerprint density at radius 1 is 1.29 bits per heavy atom. The first-order valence-electron chi connectivity index (χ1n) is 4.99. The molecule has 0 saturated heterocycles. The molecule has 0 aliphatic rings. The van der Waals surface area contributed by atoms with E-state index in [4.69, 9.17) is 0 Å². The Labute approximate surface area is 92.5 Å². The molecule has 0 atom stereocenters. The smallest absolute Gasteiger partial charge is 0.0411 e. The lowest BCUT2D eigenvalue weighted by molar-refractivity contribution is 0.398. The van der Waals surface area contributed by atoms with E-state index in [2.05, 4.69) is 56.6 Å². The molecule has 0 aromatic heterocycles. The summed E-state index contributed by atoms with van der Waals surface area (Å²) in [5.74, 6) is 0.824. The van der Waals surface area contributed by atoms with Crippen molar-refractivity contribution in [3.8, 4) is 0 Å². The van der Waals surface area contributed by atoms with Crippen LogP contribution in [-0.2, 0) is 6.42 Å². The maximum atomic E-state index is 4.23. The molecule has 0 radical (unpaired) electrons. The van der Waals surface area contributed by atoms with Gasteiger partial charge in [0.15, 0.2) is 0 Å². The number of aryl methyl sites for hydroxylation is 2. The first-order valence-corrected chi connectivity index (χ1v) is 5.62. The Kier molecular flexibility index (Phi) is 4.49. The summed E-state index contributed by atoms with van der Waals surface area (Å²) in [5, 5.41) is 0. The summed E-state index contributed by atoms with van der Waals surface area (Å²) in [6.45, 7) is 5.40. The van der Waals surface area contributed by atoms with E-state index >= 15 is 0 Å². The lowest BCUT2D eigenvalue weighted by Crippen LogP contribution is -2.19. The average Bonchev–Trinajstić information content (AvgIpc) is 2.19. The molecule has 0 aliphatic heterocycles. The number of hydrogen-bond acceptors (Lipinski definition) is 2. The molecular weight excluding hydrogens is 190 g/mol. The Morgan fingerprint density at radius 2 is 2.00 bits per heavy atom. The van der Waals surface area contributed by atoms with Crippen LogP contribution in [0, 0.1) is 13.8 Å². The Hall–Kier alpha value is -0.470. The summed E-state index contributed by atoms with van der Waals surface area (Å²) in [6.07, 6.45) is 1.12. The molecule has 1 aromatic carbocycles. The normalized spacial score (nSPS) is 10.9. The second-order valence-electron chi connectivity index (χ2n) is 3.90. The SMILES string of the molecule is Cc1ccc(C)c(CCN(C)CS)c1. The maximum Gasteiger partial charge on any atom is 0.0411 e. The molecule has 0 aliphatic carbocycles. The van der Waals surface area contributed by atoms with Crippen molar-refractivity contribution in [3.63, 3.8) is 0 Å². The number of likely N-dealkylation sites (N-methyl/N-ethyl adjacent to an activating group) is 1. The van der Waals surface area contributed by atoms with E-state index < -0.39 is 0 Å². The summed E-state index contributed by atoms with van der Waals surface area (Å²) in [7, 11) is 2.10. The second kappa shape index (κ2) is 5.42. The predicted octanol–water partition coefficient (Wildman–Crippen LogP) is 2.67. The van der Waals surface area contributed by atoms with Crippen molar-refractivity contribution in [1.29, 1.82) is 0 Å². The van der Waals surface area contributed by atoms with Crippen LogP contribution in [0.2, 0.25) is 0 Å². The number of hydrogen-bond donors (Lipinski definition) is 1. The summed E-state index contributed by atoms with van der Waals surface area (Å²) >= 11 is 4.23. The molecule has 0 saturated carbocycles. The van der Waals surface area contributed by atoms with Gasteiger partial charge in [-0.25, -0.2) is 0 Å². The van der Waals surface area contributed by atoms with Gasteiger partial charge in [-0.2, -0.15) is 12.6 Å². The van der Waals surface area contributed by atoms with Crippen molar-refractivity contribution in [3.05, 3.63) is 34.9 Å². The molecule has 1 aromatic rings. The van der Waals surface area contributed by atoms with Crippen LogP contribution in [0.5, 0.6) is 0 Å². The van der Waals surface area contributed by atoms with Crippen molar-refractivity contribution in [2.24, 2.45) is 0 Å². The molecule has 0 spiro atoms. The molecule has 14 heavy (non-hydrogen) atoms. The van der Waals surface area contributed by atoms with E-state index in [1.807, 2.05) is 0 Å². The third-order valence-corrected chi connectivity index (χ3v) is 2.99. The van der Waals surface area contributed by atoms with Gasteiger partial charge in [0.1, 0.15) is 0 Å². The first-order chi connectivity index (χ1) is 6.63. The third kappa shape index (κ3) is 3.35. The third-order valence-electron chi connectivity index (χ3n) is 2.51. The minimum atomic E-state index is 0.824. The molecule has 0 amide bonds. The minimum Gasteiger partial charge on any atom is -0.297 e. The number of rotatable bonds is 4. The predicted molar refractivity (Wildman–Crippen MR) is 66.1 cm³/mol. The fraction of sp³-hybridized carbons (Fsp3) is 0.500. The number of nitrogens with zero attached hydrogens (tertiary/aromatic N) is 1. The van der Waals surface area contributed by atoms with Crippen molar-refractivity contribution >= 4 is 12.6 Å². The molecule has 0 bridgehead atoms. The van der Waals surface area contributed by atoms with E-state index in [1.54, 1.807) is 0 Å². The lowest BCUT2D eigenvalue weighted by Gasteiger charge is -2.14. The topological polar surface area (TPSA) is 3.24 Å². The highest BCUT2D eigenvalue weighted by Crippen LogP contribution is 2.11. The highest BCUT2D eigenvalue weighted by Gasteiger charge is 2.00. The minimum absolute atomic E-state index is 0.824. The van der Waals surface area contributed by atoms with E-state index in [1.165, 1.54) is 16.7 Å². The van der Waals surface area contributed by atoms with Gasteiger partial charge in [-0.1, -0.05) is 23.8 Å². The van der Waals surface area contributed by atoms with E-state index in [9.17, 15) is 0 Å². The van der Waals surface area contributed by atoms with E-state index in [-0.39, 0.29) is 0 Å². The Balaban J connectivity index is 2.62. The van der Waals surface area contributed by atoms with Crippen molar-refractivity contribution in [2.45, 2.75) is 20.3 Å². The zero-order valence-electron chi connectivity index (χ0n) is 9.25. The molecule has 0 fully saturated rings. The molecule has 1 nitrogen and oxygen atoms in total. The summed E-state index contributed by atoms with van der Waals surface area (Å²) in [4.78, 5) is 2.21. The average molecular weight is 209 g/mol. The van der Waals surface area contributed by atoms with Gasteiger partial charge in [0.2, 0.25) is 0 Å². The molecule has 0 N–H and O–H groups in total. The van der Waals surface area contributed by atoms with Gasteiger partial charge in [-0.15, -0.1) is 0 Å². The lowest BCUT2D eigenvalue weighted by atomic mass is 10.0. The van der Waals surface area contributed by atoms with Gasteiger partial charge >= 0.3 is 0 Å². The summed E-state index contributed by atoms with van der Waals surface area (Å²) < 4.78 is 0. The first kappa shape index (κ1) is 11.6. The van der Waals surface area contributed by atoms with Gasteiger partial charge in [-0.05, 0) is 38.4 Å². The number of thiol groups is 1. The number of benzene rings is 1. The van der Waals surface area contributed by atoms with E-state index in [0.29, 0.717) is 0 Å². The molecule has 1 rings (SSSR count). The van der Waals surface area contributed by atoms with Crippen LogP contribution in [0.15, 0.2) is 18.2 Å². The highest BCUT2D eigenvalue weighted by molar-refractivity contribution is 7.80. The van der Waals surface area contributed by atoms with Crippen molar-refractivity contribution < 1.29 is 0 Å². The van der Waals surface area contributed by atoms with Crippen LogP contribution in [0.3, 0.4) is 0 Å². The second-order valence-corrected chi connectivity index (χ2v) is 4.18. The van der Waals surface area contributed by atoms with Gasteiger partial charge in [0, 0.05) is 12.4 Å². The molecule has 0 heterocycles.